The summed E-state index contributed by atoms with van der Waals surface area (Å²) in [5.74, 6) is -0.384. The average Bonchev–Trinajstić information content (AvgIpc) is 2.38. The molecule has 0 fully saturated rings. The van der Waals surface area contributed by atoms with E-state index in [-0.39, 0.29) is 16.6 Å². The zero-order chi connectivity index (χ0) is 13.5. The molecule has 0 spiro atoms. The van der Waals surface area contributed by atoms with Gasteiger partial charge in [0.25, 0.3) is 0 Å². The summed E-state index contributed by atoms with van der Waals surface area (Å²) in [6, 6.07) is 3.47. The van der Waals surface area contributed by atoms with Crippen molar-refractivity contribution in [1.82, 2.24) is 4.98 Å². The monoisotopic (exact) mass is 265 g/mol. The molecule has 0 aliphatic rings. The summed E-state index contributed by atoms with van der Waals surface area (Å²) in [6.07, 6.45) is 4.45. The number of aliphatic imine (C=N–C) groups is 1. The summed E-state index contributed by atoms with van der Waals surface area (Å²) in [5, 5.41) is 0.0340. The second kappa shape index (κ2) is 6.56. The zero-order valence-electron chi connectivity index (χ0n) is 9.76. The Hall–Kier alpha value is -2.14. The predicted octanol–water partition coefficient (Wildman–Crippen LogP) is 1.60. The largest absolute Gasteiger partial charge is 0.465 e. The number of carbonyl (C=O) groups excluding carboxylic acids is 1. The van der Waals surface area contributed by atoms with E-state index >= 15 is 0 Å². The molecule has 0 radical (unpaired) electrons. The number of rotatable bonds is 4. The number of hydrogen-bond donors (Lipinski definition) is 1. The van der Waals surface area contributed by atoms with Crippen LogP contribution in [0, 0.1) is 0 Å². The van der Waals surface area contributed by atoms with Gasteiger partial charge in [-0.25, -0.2) is 9.79 Å². The Bertz CT molecular complexity index is 509. The van der Waals surface area contributed by atoms with Crippen LogP contribution in [0.4, 0.5) is 0 Å². The average molecular weight is 266 g/mol. The molecule has 1 aromatic rings. The molecule has 0 amide bonds. The normalized spacial score (nSPS) is 12.1. The number of carbonyl (C=O) groups is 1. The smallest absolute Gasteiger partial charge is 0.337 e. The van der Waals surface area contributed by atoms with Crippen molar-refractivity contribution in [3.8, 4) is 0 Å². The molecule has 0 bridgehead atoms. The number of aromatic nitrogens is 1. The first-order valence-corrected chi connectivity index (χ1v) is 5.31. The van der Waals surface area contributed by atoms with Crippen molar-refractivity contribution in [2.75, 3.05) is 7.11 Å². The van der Waals surface area contributed by atoms with Gasteiger partial charge in [0.05, 0.1) is 12.7 Å². The van der Waals surface area contributed by atoms with E-state index in [1.807, 2.05) is 0 Å². The van der Waals surface area contributed by atoms with Crippen LogP contribution in [0.2, 0.25) is 0 Å². The summed E-state index contributed by atoms with van der Waals surface area (Å²) in [7, 11) is 1.25. The van der Waals surface area contributed by atoms with Gasteiger partial charge in [0.2, 0.25) is 0 Å². The number of nitrogens with two attached hydrogens (primary N) is 1. The maximum Gasteiger partial charge on any atom is 0.337 e. The Morgan fingerprint density at radius 2 is 2.39 bits per heavy atom. The molecule has 1 rings (SSSR count). The number of nitrogens with zero attached hydrogens (tertiary/aromatic N) is 2. The van der Waals surface area contributed by atoms with Gasteiger partial charge in [-0.1, -0.05) is 18.2 Å². The first kappa shape index (κ1) is 13.9. The molecule has 2 N–H and O–H groups in total. The molecular formula is C12H12ClN3O2. The molecule has 0 saturated heterocycles. The molecule has 0 unspecified atom stereocenters. The number of esters is 1. The van der Waals surface area contributed by atoms with E-state index in [0.29, 0.717) is 5.56 Å². The van der Waals surface area contributed by atoms with Gasteiger partial charge >= 0.3 is 5.97 Å². The van der Waals surface area contributed by atoms with E-state index in [1.54, 1.807) is 24.5 Å². The Kier molecular flexibility index (Phi) is 5.07. The predicted molar refractivity (Wildman–Crippen MR) is 70.1 cm³/mol. The second-order valence-electron chi connectivity index (χ2n) is 3.22. The minimum absolute atomic E-state index is 0.0340. The van der Waals surface area contributed by atoms with Gasteiger partial charge in [-0.2, -0.15) is 0 Å². The first-order valence-electron chi connectivity index (χ1n) is 4.93. The minimum Gasteiger partial charge on any atom is -0.465 e. The van der Waals surface area contributed by atoms with Gasteiger partial charge in [0, 0.05) is 18.0 Å². The van der Waals surface area contributed by atoms with Crippen molar-refractivity contribution in [3.63, 3.8) is 0 Å². The fourth-order valence-corrected chi connectivity index (χ4v) is 1.28. The fraction of sp³-hybridized carbons (Fsp3) is 0.0833. The molecule has 0 aliphatic carbocycles. The van der Waals surface area contributed by atoms with Crippen molar-refractivity contribution < 1.29 is 9.53 Å². The lowest BCUT2D eigenvalue weighted by atomic mass is 10.2. The Balaban J connectivity index is 2.86. The molecule has 6 heteroatoms. The number of pyridine rings is 1. The van der Waals surface area contributed by atoms with Crippen molar-refractivity contribution in [2.24, 2.45) is 10.7 Å². The maximum absolute atomic E-state index is 11.1. The van der Waals surface area contributed by atoms with Gasteiger partial charge in [0.15, 0.2) is 0 Å². The van der Waals surface area contributed by atoms with Gasteiger partial charge in [0.1, 0.15) is 11.0 Å². The molecule has 1 heterocycles. The highest BCUT2D eigenvalue weighted by Crippen LogP contribution is 2.10. The topological polar surface area (TPSA) is 77.6 Å². The van der Waals surface area contributed by atoms with Gasteiger partial charge < -0.3 is 10.5 Å². The van der Waals surface area contributed by atoms with E-state index in [2.05, 4.69) is 21.3 Å². The van der Waals surface area contributed by atoms with E-state index in [1.165, 1.54) is 13.2 Å². The van der Waals surface area contributed by atoms with E-state index in [9.17, 15) is 4.79 Å². The first-order chi connectivity index (χ1) is 8.54. The Morgan fingerprint density at radius 3 is 2.94 bits per heavy atom. The summed E-state index contributed by atoms with van der Waals surface area (Å²) < 4.78 is 4.47. The van der Waals surface area contributed by atoms with Crippen molar-refractivity contribution in [3.05, 3.63) is 53.5 Å². The standard InChI is InChI=1S/C12H12ClN3O2/c1-8(12(17)18-2)6-10(13)16-11(14)9-4-3-5-15-7-9/h3-7H,1H2,2H3,(H2,14,16)/b10-6-. The third kappa shape index (κ3) is 4.03. The Labute approximate surface area is 110 Å². The highest BCUT2D eigenvalue weighted by Gasteiger charge is 2.05. The zero-order valence-corrected chi connectivity index (χ0v) is 10.5. The fourth-order valence-electron chi connectivity index (χ4n) is 1.06. The van der Waals surface area contributed by atoms with Crippen molar-refractivity contribution in [1.29, 1.82) is 0 Å². The van der Waals surface area contributed by atoms with Gasteiger partial charge in [-0.15, -0.1) is 0 Å². The van der Waals surface area contributed by atoms with Crippen LogP contribution in [0.25, 0.3) is 0 Å². The maximum atomic E-state index is 11.1. The quantitative estimate of drug-likeness (QED) is 0.224. The number of amidine groups is 1. The molecule has 0 saturated carbocycles. The van der Waals surface area contributed by atoms with Crippen LogP contribution in [0.3, 0.4) is 0 Å². The summed E-state index contributed by atoms with van der Waals surface area (Å²) in [5.41, 5.74) is 6.44. The molecule has 18 heavy (non-hydrogen) atoms. The number of methoxy groups -OCH3 is 1. The van der Waals surface area contributed by atoms with Crippen LogP contribution in [0.15, 0.2) is 52.9 Å². The number of ether oxygens (including phenoxy) is 1. The highest BCUT2D eigenvalue weighted by atomic mass is 35.5. The Morgan fingerprint density at radius 1 is 1.67 bits per heavy atom. The van der Waals surface area contributed by atoms with Crippen LogP contribution >= 0.6 is 11.6 Å². The number of hydrogen-bond acceptors (Lipinski definition) is 4. The molecule has 5 nitrogen and oxygen atoms in total. The molecule has 0 aromatic carbocycles. The number of halogens is 1. The lowest BCUT2D eigenvalue weighted by Crippen LogP contribution is -2.13. The van der Waals surface area contributed by atoms with E-state index < -0.39 is 5.97 Å². The van der Waals surface area contributed by atoms with E-state index in [0.717, 1.165) is 0 Å². The lowest BCUT2D eigenvalue weighted by molar-refractivity contribution is -0.135. The molecule has 0 aliphatic heterocycles. The summed E-state index contributed by atoms with van der Waals surface area (Å²) in [4.78, 5) is 18.9. The third-order valence-corrected chi connectivity index (χ3v) is 2.12. The van der Waals surface area contributed by atoms with Gasteiger partial charge in [-0.05, 0) is 18.2 Å². The molecule has 0 atom stereocenters. The van der Waals surface area contributed by atoms with Crippen molar-refractivity contribution >= 4 is 23.4 Å². The van der Waals surface area contributed by atoms with Crippen LogP contribution in [0.1, 0.15) is 5.56 Å². The summed E-state index contributed by atoms with van der Waals surface area (Å²) >= 11 is 5.83. The van der Waals surface area contributed by atoms with Crippen LogP contribution in [-0.4, -0.2) is 23.9 Å². The van der Waals surface area contributed by atoms with Gasteiger partial charge in [-0.3, -0.25) is 4.98 Å². The highest BCUT2D eigenvalue weighted by molar-refractivity contribution is 6.30. The van der Waals surface area contributed by atoms with Crippen LogP contribution < -0.4 is 5.73 Å². The molecule has 1 aromatic heterocycles. The lowest BCUT2D eigenvalue weighted by Gasteiger charge is -2.00. The molecular weight excluding hydrogens is 254 g/mol. The van der Waals surface area contributed by atoms with Crippen LogP contribution in [0.5, 0.6) is 0 Å². The minimum atomic E-state index is -0.580. The van der Waals surface area contributed by atoms with Crippen LogP contribution in [-0.2, 0) is 9.53 Å². The molecule has 94 valence electrons. The summed E-state index contributed by atoms with van der Waals surface area (Å²) in [6.45, 7) is 3.49. The van der Waals surface area contributed by atoms with Crippen molar-refractivity contribution in [2.45, 2.75) is 0 Å². The SMILES string of the molecule is C=C(/C=C(/Cl)N=C(N)c1cccnc1)C(=O)OC. The second-order valence-corrected chi connectivity index (χ2v) is 3.61. The van der Waals surface area contributed by atoms with E-state index in [4.69, 9.17) is 17.3 Å². The third-order valence-electron chi connectivity index (χ3n) is 1.93.